The van der Waals surface area contributed by atoms with Gasteiger partial charge in [0.15, 0.2) is 0 Å². The zero-order valence-corrected chi connectivity index (χ0v) is 11.7. The van der Waals surface area contributed by atoms with Crippen molar-refractivity contribution in [2.75, 3.05) is 0 Å². The predicted octanol–water partition coefficient (Wildman–Crippen LogP) is 3.91. The van der Waals surface area contributed by atoms with Crippen LogP contribution in [0, 0.1) is 17.6 Å². The fourth-order valence-corrected chi connectivity index (χ4v) is 3.08. The molecule has 112 valence electrons. The molecule has 1 fully saturated rings. The lowest BCUT2D eigenvalue weighted by Crippen LogP contribution is -2.12. The van der Waals surface area contributed by atoms with Crippen LogP contribution in [0.1, 0.15) is 17.5 Å². The Labute approximate surface area is 126 Å². The molecule has 2 aromatic carbocycles. The predicted molar refractivity (Wildman–Crippen MR) is 78.5 cm³/mol. The third-order valence-electron chi connectivity index (χ3n) is 4.17. The Bertz CT molecular complexity index is 707. The molecule has 2 aromatic rings. The van der Waals surface area contributed by atoms with Gasteiger partial charge in [-0.3, -0.25) is 0 Å². The molecule has 1 N–H and O–H groups in total. The number of hydrogen-bond donors (Lipinski definition) is 1. The van der Waals surface area contributed by atoms with Crippen LogP contribution in [-0.4, -0.2) is 11.1 Å². The molecule has 1 atom stereocenters. The van der Waals surface area contributed by atoms with Gasteiger partial charge in [-0.15, -0.1) is 0 Å². The molecule has 0 aromatic heterocycles. The summed E-state index contributed by atoms with van der Waals surface area (Å²) in [6.07, 6.45) is 3.31. The van der Waals surface area contributed by atoms with Crippen LogP contribution in [0.2, 0.25) is 0 Å². The van der Waals surface area contributed by atoms with Crippen molar-refractivity contribution in [1.29, 1.82) is 0 Å². The molecule has 1 saturated carbocycles. The van der Waals surface area contributed by atoms with E-state index < -0.39 is 11.4 Å². The quantitative estimate of drug-likeness (QED) is 0.869. The van der Waals surface area contributed by atoms with Crippen LogP contribution in [0.25, 0.3) is 0 Å². The highest BCUT2D eigenvalue weighted by atomic mass is 19.1. The Kier molecular flexibility index (Phi) is 3.53. The van der Waals surface area contributed by atoms with E-state index in [1.165, 1.54) is 24.3 Å². The van der Waals surface area contributed by atoms with E-state index in [4.69, 9.17) is 5.11 Å². The Hall–Kier alpha value is -2.49. The normalized spacial score (nSPS) is 19.3. The van der Waals surface area contributed by atoms with Crippen LogP contribution < -0.4 is 0 Å². The maximum absolute atomic E-state index is 13.6. The molecular weight excluding hydrogens is 286 g/mol. The summed E-state index contributed by atoms with van der Waals surface area (Å²) < 4.78 is 27.2. The zero-order chi connectivity index (χ0) is 15.7. The van der Waals surface area contributed by atoms with Gasteiger partial charge < -0.3 is 5.11 Å². The molecule has 0 bridgehead atoms. The van der Waals surface area contributed by atoms with Crippen LogP contribution in [-0.2, 0) is 10.2 Å². The third kappa shape index (κ3) is 2.52. The SMILES string of the molecule is O=C(O)C=C[C@@H]1CC1(c1cccc(F)c1)c1cccc(F)c1. The monoisotopic (exact) mass is 300 g/mol. The summed E-state index contributed by atoms with van der Waals surface area (Å²) in [4.78, 5) is 10.7. The van der Waals surface area contributed by atoms with Crippen molar-refractivity contribution in [3.63, 3.8) is 0 Å². The molecule has 0 saturated heterocycles. The molecule has 1 aliphatic rings. The van der Waals surface area contributed by atoms with Crippen molar-refractivity contribution in [2.45, 2.75) is 11.8 Å². The number of carbonyl (C=O) groups is 1. The highest BCUT2D eigenvalue weighted by Gasteiger charge is 2.55. The molecule has 0 aliphatic heterocycles. The first-order valence-electron chi connectivity index (χ1n) is 6.95. The first-order chi connectivity index (χ1) is 10.5. The van der Waals surface area contributed by atoms with Crippen molar-refractivity contribution < 1.29 is 18.7 Å². The van der Waals surface area contributed by atoms with Crippen LogP contribution in [0.4, 0.5) is 8.78 Å². The molecule has 0 unspecified atom stereocenters. The maximum Gasteiger partial charge on any atom is 0.327 e. The van der Waals surface area contributed by atoms with Crippen molar-refractivity contribution in [2.24, 2.45) is 5.92 Å². The summed E-state index contributed by atoms with van der Waals surface area (Å²) in [7, 11) is 0. The summed E-state index contributed by atoms with van der Waals surface area (Å²) in [5.41, 5.74) is 0.909. The van der Waals surface area contributed by atoms with E-state index in [0.29, 0.717) is 6.42 Å². The number of halogens is 2. The van der Waals surface area contributed by atoms with Gasteiger partial charge in [-0.25, -0.2) is 13.6 Å². The van der Waals surface area contributed by atoms with E-state index in [1.54, 1.807) is 30.3 Å². The number of carboxylic acids is 1. The average molecular weight is 300 g/mol. The van der Waals surface area contributed by atoms with Gasteiger partial charge in [-0.1, -0.05) is 30.3 Å². The van der Waals surface area contributed by atoms with E-state index >= 15 is 0 Å². The van der Waals surface area contributed by atoms with Gasteiger partial charge in [0, 0.05) is 11.5 Å². The molecule has 3 rings (SSSR count). The van der Waals surface area contributed by atoms with E-state index in [-0.39, 0.29) is 17.6 Å². The Morgan fingerprint density at radius 1 is 1.09 bits per heavy atom. The van der Waals surface area contributed by atoms with E-state index in [2.05, 4.69) is 0 Å². The van der Waals surface area contributed by atoms with Crippen molar-refractivity contribution in [3.8, 4) is 0 Å². The second-order valence-electron chi connectivity index (χ2n) is 5.50. The fourth-order valence-electron chi connectivity index (χ4n) is 3.08. The zero-order valence-electron chi connectivity index (χ0n) is 11.7. The molecule has 0 spiro atoms. The number of allylic oxidation sites excluding steroid dienone is 1. The molecule has 0 heterocycles. The minimum Gasteiger partial charge on any atom is -0.478 e. The van der Waals surface area contributed by atoms with Crippen LogP contribution in [0.3, 0.4) is 0 Å². The second kappa shape index (κ2) is 5.37. The van der Waals surface area contributed by atoms with Crippen molar-refractivity contribution >= 4 is 5.97 Å². The Morgan fingerprint density at radius 2 is 1.64 bits per heavy atom. The number of benzene rings is 2. The van der Waals surface area contributed by atoms with E-state index in [0.717, 1.165) is 17.2 Å². The van der Waals surface area contributed by atoms with Gasteiger partial charge in [0.05, 0.1) is 0 Å². The standard InChI is InChI=1S/C18H14F2O2/c19-15-5-1-3-12(9-15)18(11-14(18)7-8-17(21)22)13-4-2-6-16(20)10-13/h1-10,14H,11H2,(H,21,22)/t14-/m1/s1. The summed E-state index contributed by atoms with van der Waals surface area (Å²) in [6.45, 7) is 0. The third-order valence-corrected chi connectivity index (χ3v) is 4.17. The molecule has 1 aliphatic carbocycles. The highest BCUT2D eigenvalue weighted by Crippen LogP contribution is 2.59. The highest BCUT2D eigenvalue weighted by molar-refractivity contribution is 5.80. The lowest BCUT2D eigenvalue weighted by atomic mass is 9.85. The average Bonchev–Trinajstić information content (AvgIpc) is 3.21. The molecule has 22 heavy (non-hydrogen) atoms. The van der Waals surface area contributed by atoms with Crippen LogP contribution >= 0.6 is 0 Å². The van der Waals surface area contributed by atoms with Crippen molar-refractivity contribution in [1.82, 2.24) is 0 Å². The topological polar surface area (TPSA) is 37.3 Å². The summed E-state index contributed by atoms with van der Waals surface area (Å²) in [6, 6.07) is 12.4. The number of carboxylic acid groups (broad SMARTS) is 1. The van der Waals surface area contributed by atoms with Gasteiger partial charge in [-0.05, 0) is 47.7 Å². The summed E-state index contributed by atoms with van der Waals surface area (Å²) in [5, 5.41) is 8.78. The number of hydrogen-bond acceptors (Lipinski definition) is 1. The summed E-state index contributed by atoms with van der Waals surface area (Å²) >= 11 is 0. The van der Waals surface area contributed by atoms with Gasteiger partial charge >= 0.3 is 5.97 Å². The van der Waals surface area contributed by atoms with E-state index in [9.17, 15) is 13.6 Å². The van der Waals surface area contributed by atoms with E-state index in [1.807, 2.05) is 0 Å². The molecule has 2 nitrogen and oxygen atoms in total. The number of rotatable bonds is 4. The minimum absolute atomic E-state index is 0.0906. The van der Waals surface area contributed by atoms with Crippen molar-refractivity contribution in [3.05, 3.63) is 83.4 Å². The molecular formula is C18H14F2O2. The van der Waals surface area contributed by atoms with Crippen LogP contribution in [0.15, 0.2) is 60.7 Å². The molecule has 4 heteroatoms. The summed E-state index contributed by atoms with van der Waals surface area (Å²) in [5.74, 6) is -1.84. The smallest absolute Gasteiger partial charge is 0.327 e. The number of aliphatic carboxylic acids is 1. The van der Waals surface area contributed by atoms with Gasteiger partial charge in [0.2, 0.25) is 0 Å². The second-order valence-corrected chi connectivity index (χ2v) is 5.50. The van der Waals surface area contributed by atoms with Gasteiger partial charge in [-0.2, -0.15) is 0 Å². The van der Waals surface area contributed by atoms with Gasteiger partial charge in [0.1, 0.15) is 11.6 Å². The van der Waals surface area contributed by atoms with Crippen LogP contribution in [0.5, 0.6) is 0 Å². The molecule has 0 radical (unpaired) electrons. The first-order valence-corrected chi connectivity index (χ1v) is 6.95. The minimum atomic E-state index is -1.03. The largest absolute Gasteiger partial charge is 0.478 e. The lowest BCUT2D eigenvalue weighted by Gasteiger charge is -2.18. The Balaban J connectivity index is 2.07. The van der Waals surface area contributed by atoms with Gasteiger partial charge in [0.25, 0.3) is 0 Å². The Morgan fingerprint density at radius 3 is 2.09 bits per heavy atom. The molecule has 0 amide bonds. The fraction of sp³-hybridized carbons (Fsp3) is 0.167. The maximum atomic E-state index is 13.6. The first kappa shape index (κ1) is 14.4. The lowest BCUT2D eigenvalue weighted by molar-refractivity contribution is -0.131.